The monoisotopic (exact) mass is 288 g/mol. The molecule has 2 rings (SSSR count). The van der Waals surface area contributed by atoms with Crippen LogP contribution in [0.3, 0.4) is 0 Å². The van der Waals surface area contributed by atoms with Crippen LogP contribution in [-0.4, -0.2) is 27.8 Å². The van der Waals surface area contributed by atoms with Crippen LogP contribution in [0.4, 0.5) is 5.69 Å². The second kappa shape index (κ2) is 6.15. The summed E-state index contributed by atoms with van der Waals surface area (Å²) in [7, 11) is 0. The number of amides is 1. The predicted octanol–water partition coefficient (Wildman–Crippen LogP) is 1.14. The number of aliphatic hydroxyl groups excluding tert-OH is 1. The zero-order chi connectivity index (χ0) is 15.4. The van der Waals surface area contributed by atoms with Gasteiger partial charge in [-0.2, -0.15) is 0 Å². The number of aliphatic hydroxyl groups is 1. The first-order valence-corrected chi connectivity index (χ1v) is 6.31. The van der Waals surface area contributed by atoms with E-state index in [1.54, 1.807) is 24.3 Å². The van der Waals surface area contributed by atoms with Gasteiger partial charge in [-0.05, 0) is 29.8 Å². The molecule has 0 aliphatic carbocycles. The minimum atomic E-state index is -0.914. The number of phenolic OH excluding ortho intramolecular Hbond substituents is 2. The molecule has 6 heteroatoms. The van der Waals surface area contributed by atoms with Crippen molar-refractivity contribution in [3.8, 4) is 11.5 Å². The van der Waals surface area contributed by atoms with Crippen molar-refractivity contribution < 1.29 is 20.1 Å². The van der Waals surface area contributed by atoms with Crippen molar-refractivity contribution in [1.29, 1.82) is 0 Å². The maximum atomic E-state index is 11.9. The van der Waals surface area contributed by atoms with E-state index in [-0.39, 0.29) is 23.6 Å². The van der Waals surface area contributed by atoms with Gasteiger partial charge >= 0.3 is 0 Å². The summed E-state index contributed by atoms with van der Waals surface area (Å²) in [4.78, 5) is 11.9. The van der Waals surface area contributed by atoms with Gasteiger partial charge in [0.05, 0.1) is 6.10 Å². The number of aromatic hydroxyl groups is 2. The van der Waals surface area contributed by atoms with Gasteiger partial charge in [0, 0.05) is 12.2 Å². The summed E-state index contributed by atoms with van der Waals surface area (Å²) >= 11 is 0. The Morgan fingerprint density at radius 2 is 1.67 bits per heavy atom. The number of nitrogen functional groups attached to an aromatic ring is 1. The highest BCUT2D eigenvalue weighted by Crippen LogP contribution is 2.26. The third-order valence-corrected chi connectivity index (χ3v) is 3.02. The summed E-state index contributed by atoms with van der Waals surface area (Å²) in [5.74, 6) is -1.32. The van der Waals surface area contributed by atoms with Crippen molar-refractivity contribution in [2.24, 2.45) is 0 Å². The Hall–Kier alpha value is -2.73. The van der Waals surface area contributed by atoms with Crippen molar-refractivity contribution in [2.75, 3.05) is 12.3 Å². The smallest absolute Gasteiger partial charge is 0.258 e. The van der Waals surface area contributed by atoms with Gasteiger partial charge in [0.15, 0.2) is 0 Å². The number of benzene rings is 2. The SMILES string of the molecule is Nc1ccc(C(O)CNC(=O)c2c(O)cccc2O)cc1. The van der Waals surface area contributed by atoms with Crippen LogP contribution >= 0.6 is 0 Å². The van der Waals surface area contributed by atoms with E-state index in [0.29, 0.717) is 11.3 Å². The Balaban J connectivity index is 2.02. The Bertz CT molecular complexity index is 620. The minimum Gasteiger partial charge on any atom is -0.507 e. The van der Waals surface area contributed by atoms with Crippen molar-refractivity contribution in [3.05, 3.63) is 53.6 Å². The Kier molecular flexibility index (Phi) is 4.30. The molecular formula is C15H16N2O4. The molecular weight excluding hydrogens is 272 g/mol. The summed E-state index contributed by atoms with van der Waals surface area (Å²) in [5.41, 5.74) is 6.51. The van der Waals surface area contributed by atoms with Crippen LogP contribution in [0.15, 0.2) is 42.5 Å². The number of anilines is 1. The standard InChI is InChI=1S/C15H16N2O4/c16-10-6-4-9(5-7-10)13(20)8-17-15(21)14-11(18)2-1-3-12(14)19/h1-7,13,18-20H,8,16H2,(H,17,21). The van der Waals surface area contributed by atoms with Crippen LogP contribution in [0.2, 0.25) is 0 Å². The number of rotatable bonds is 4. The molecule has 2 aromatic rings. The highest BCUT2D eigenvalue weighted by molar-refractivity contribution is 5.99. The normalized spacial score (nSPS) is 11.9. The summed E-state index contributed by atoms with van der Waals surface area (Å²) < 4.78 is 0. The second-order valence-corrected chi connectivity index (χ2v) is 4.56. The molecule has 0 aliphatic heterocycles. The molecule has 0 aromatic heterocycles. The zero-order valence-corrected chi connectivity index (χ0v) is 11.2. The van der Waals surface area contributed by atoms with Crippen molar-refractivity contribution in [1.82, 2.24) is 5.32 Å². The fourth-order valence-electron chi connectivity index (χ4n) is 1.87. The summed E-state index contributed by atoms with van der Waals surface area (Å²) in [6.45, 7) is -0.0590. The third-order valence-electron chi connectivity index (χ3n) is 3.02. The van der Waals surface area contributed by atoms with Crippen LogP contribution in [0.5, 0.6) is 11.5 Å². The van der Waals surface area contributed by atoms with Gasteiger partial charge in [0.1, 0.15) is 17.1 Å². The van der Waals surface area contributed by atoms with Crippen LogP contribution < -0.4 is 11.1 Å². The van der Waals surface area contributed by atoms with E-state index in [1.807, 2.05) is 0 Å². The molecule has 0 fully saturated rings. The molecule has 1 amide bonds. The molecule has 0 heterocycles. The highest BCUT2D eigenvalue weighted by atomic mass is 16.3. The van der Waals surface area contributed by atoms with Gasteiger partial charge in [-0.3, -0.25) is 4.79 Å². The van der Waals surface area contributed by atoms with Crippen LogP contribution in [0, 0.1) is 0 Å². The molecule has 6 N–H and O–H groups in total. The van der Waals surface area contributed by atoms with E-state index < -0.39 is 12.0 Å². The van der Waals surface area contributed by atoms with E-state index >= 15 is 0 Å². The van der Waals surface area contributed by atoms with E-state index in [0.717, 1.165) is 0 Å². The van der Waals surface area contributed by atoms with E-state index in [4.69, 9.17) is 5.73 Å². The van der Waals surface area contributed by atoms with Gasteiger partial charge in [-0.25, -0.2) is 0 Å². The number of hydrogen-bond donors (Lipinski definition) is 5. The number of hydrogen-bond acceptors (Lipinski definition) is 5. The van der Waals surface area contributed by atoms with E-state index in [2.05, 4.69) is 5.32 Å². The highest BCUT2D eigenvalue weighted by Gasteiger charge is 2.17. The lowest BCUT2D eigenvalue weighted by Gasteiger charge is -2.13. The molecule has 6 nitrogen and oxygen atoms in total. The van der Waals surface area contributed by atoms with Crippen LogP contribution in [0.25, 0.3) is 0 Å². The summed E-state index contributed by atoms with van der Waals surface area (Å²) in [5, 5.41) is 31.6. The van der Waals surface area contributed by atoms with E-state index in [1.165, 1.54) is 18.2 Å². The number of nitrogens with one attached hydrogen (secondary N) is 1. The first-order valence-electron chi connectivity index (χ1n) is 6.31. The molecule has 2 aromatic carbocycles. The van der Waals surface area contributed by atoms with Gasteiger partial charge in [0.2, 0.25) is 0 Å². The van der Waals surface area contributed by atoms with Crippen LogP contribution in [0.1, 0.15) is 22.0 Å². The lowest BCUT2D eigenvalue weighted by atomic mass is 10.1. The molecule has 110 valence electrons. The molecule has 0 aliphatic rings. The van der Waals surface area contributed by atoms with Crippen LogP contribution in [-0.2, 0) is 0 Å². The Morgan fingerprint density at radius 3 is 2.24 bits per heavy atom. The molecule has 0 bridgehead atoms. The fourth-order valence-corrected chi connectivity index (χ4v) is 1.87. The quantitative estimate of drug-likeness (QED) is 0.541. The predicted molar refractivity (Wildman–Crippen MR) is 77.9 cm³/mol. The summed E-state index contributed by atoms with van der Waals surface area (Å²) in [6.07, 6.45) is -0.914. The molecule has 21 heavy (non-hydrogen) atoms. The average Bonchev–Trinajstić information content (AvgIpc) is 2.45. The molecule has 1 unspecified atom stereocenters. The lowest BCUT2D eigenvalue weighted by Crippen LogP contribution is -2.28. The Labute approximate surface area is 121 Å². The lowest BCUT2D eigenvalue weighted by molar-refractivity contribution is 0.0911. The fraction of sp³-hybridized carbons (Fsp3) is 0.133. The number of carbonyl (C=O) groups excluding carboxylic acids is 1. The maximum Gasteiger partial charge on any atom is 0.258 e. The molecule has 0 radical (unpaired) electrons. The molecule has 0 saturated heterocycles. The minimum absolute atomic E-state index is 0.0590. The Morgan fingerprint density at radius 1 is 1.10 bits per heavy atom. The second-order valence-electron chi connectivity index (χ2n) is 4.56. The van der Waals surface area contributed by atoms with Crippen molar-refractivity contribution in [3.63, 3.8) is 0 Å². The first kappa shape index (κ1) is 14.7. The van der Waals surface area contributed by atoms with Gasteiger partial charge in [-0.1, -0.05) is 18.2 Å². The maximum absolute atomic E-state index is 11.9. The topological polar surface area (TPSA) is 116 Å². The van der Waals surface area contributed by atoms with Crippen molar-refractivity contribution in [2.45, 2.75) is 6.10 Å². The van der Waals surface area contributed by atoms with Gasteiger partial charge in [0.25, 0.3) is 5.91 Å². The van der Waals surface area contributed by atoms with Gasteiger partial charge < -0.3 is 26.4 Å². The summed E-state index contributed by atoms with van der Waals surface area (Å²) in [6, 6.07) is 10.6. The van der Waals surface area contributed by atoms with E-state index in [9.17, 15) is 20.1 Å². The first-order chi connectivity index (χ1) is 9.99. The number of nitrogens with two attached hydrogens (primary N) is 1. The molecule has 0 spiro atoms. The molecule has 0 saturated carbocycles. The number of carbonyl (C=O) groups is 1. The zero-order valence-electron chi connectivity index (χ0n) is 11.2. The van der Waals surface area contributed by atoms with Gasteiger partial charge in [-0.15, -0.1) is 0 Å². The average molecular weight is 288 g/mol. The van der Waals surface area contributed by atoms with Crippen molar-refractivity contribution >= 4 is 11.6 Å². The largest absolute Gasteiger partial charge is 0.507 e. The number of phenols is 2. The third kappa shape index (κ3) is 3.43. The molecule has 1 atom stereocenters.